The molecule has 1 aromatic heterocycles. The van der Waals surface area contributed by atoms with E-state index in [1.54, 1.807) is 18.9 Å². The molecule has 0 aliphatic heterocycles. The van der Waals surface area contributed by atoms with E-state index in [-0.39, 0.29) is 0 Å². The molecule has 1 N–H and O–H groups in total. The summed E-state index contributed by atoms with van der Waals surface area (Å²) in [4.78, 5) is 0. The van der Waals surface area contributed by atoms with Crippen LogP contribution in [-0.4, -0.2) is 35.7 Å². The number of ether oxygens (including phenoxy) is 2. The number of aryl methyl sites for hydroxylation is 1. The smallest absolute Gasteiger partial charge is 0.126 e. The molecule has 6 heteroatoms. The van der Waals surface area contributed by atoms with E-state index in [1.165, 1.54) is 6.20 Å². The lowest BCUT2D eigenvalue weighted by atomic mass is 10.0. The molecule has 21 heavy (non-hydrogen) atoms. The molecule has 0 radical (unpaired) electrons. The largest absolute Gasteiger partial charge is 0.496 e. The van der Waals surface area contributed by atoms with Crippen LogP contribution in [0.25, 0.3) is 0 Å². The van der Waals surface area contributed by atoms with Gasteiger partial charge in [-0.15, -0.1) is 0 Å². The van der Waals surface area contributed by atoms with Gasteiger partial charge in [-0.25, -0.2) is 0 Å². The Balaban J connectivity index is 2.42. The zero-order chi connectivity index (χ0) is 15.4. The van der Waals surface area contributed by atoms with Gasteiger partial charge in [0.15, 0.2) is 0 Å². The number of hydrogen-bond donors (Lipinski definition) is 1. The van der Waals surface area contributed by atoms with Gasteiger partial charge in [-0.05, 0) is 19.1 Å². The highest BCUT2D eigenvalue weighted by Crippen LogP contribution is 2.34. The van der Waals surface area contributed by atoms with E-state index in [1.807, 2.05) is 25.1 Å². The molecule has 0 aliphatic carbocycles. The van der Waals surface area contributed by atoms with E-state index in [2.05, 4.69) is 5.10 Å². The number of aliphatic hydroxyl groups is 1. The van der Waals surface area contributed by atoms with Crippen molar-refractivity contribution in [3.8, 4) is 5.75 Å². The summed E-state index contributed by atoms with van der Waals surface area (Å²) in [6, 6.07) is 5.64. The Morgan fingerprint density at radius 3 is 2.81 bits per heavy atom. The Morgan fingerprint density at radius 2 is 2.14 bits per heavy atom. The summed E-state index contributed by atoms with van der Waals surface area (Å²) in [5.74, 6) is 0.614. The van der Waals surface area contributed by atoms with Crippen molar-refractivity contribution in [3.05, 3.63) is 46.2 Å². The van der Waals surface area contributed by atoms with Crippen molar-refractivity contribution < 1.29 is 14.6 Å². The number of hydrogen-bond acceptors (Lipinski definition) is 4. The van der Waals surface area contributed by atoms with Crippen molar-refractivity contribution in [1.82, 2.24) is 9.78 Å². The fourth-order valence-electron chi connectivity index (χ4n) is 2.21. The number of nitrogens with zero attached hydrogens (tertiary/aromatic N) is 2. The number of aliphatic hydroxyl groups excluding tert-OH is 1. The second-order valence-electron chi connectivity index (χ2n) is 4.74. The first-order chi connectivity index (χ1) is 10.1. The van der Waals surface area contributed by atoms with Gasteiger partial charge in [-0.3, -0.25) is 4.68 Å². The molecule has 1 atom stereocenters. The molecule has 0 saturated heterocycles. The highest BCUT2D eigenvalue weighted by atomic mass is 35.5. The molecular formula is C15H19ClN2O3. The number of benzene rings is 1. The minimum Gasteiger partial charge on any atom is -0.496 e. The molecule has 0 fully saturated rings. The van der Waals surface area contributed by atoms with Crippen molar-refractivity contribution in [1.29, 1.82) is 0 Å². The molecule has 2 rings (SSSR count). The molecule has 0 aliphatic rings. The standard InChI is InChI=1S/C15H19ClN2O3/c1-10-4-5-13(21-3)11(8-10)15(19)14-12(16)9-17-18(14)6-7-20-2/h4-5,8-9,15,19H,6-7H2,1-3H3. The maximum Gasteiger partial charge on any atom is 0.126 e. The fraction of sp³-hybridized carbons (Fsp3) is 0.400. The van der Waals surface area contributed by atoms with Crippen LogP contribution < -0.4 is 4.74 Å². The molecule has 2 aromatic rings. The quantitative estimate of drug-likeness (QED) is 0.891. The Kier molecular flexibility index (Phi) is 5.22. The third-order valence-corrected chi connectivity index (χ3v) is 3.57. The van der Waals surface area contributed by atoms with Gasteiger partial charge in [0, 0.05) is 12.7 Å². The SMILES string of the molecule is COCCn1ncc(Cl)c1C(O)c1cc(C)ccc1OC. The third-order valence-electron chi connectivity index (χ3n) is 3.28. The van der Waals surface area contributed by atoms with Crippen LogP contribution in [0.2, 0.25) is 5.02 Å². The van der Waals surface area contributed by atoms with Gasteiger partial charge in [0.2, 0.25) is 0 Å². The zero-order valence-corrected chi connectivity index (χ0v) is 13.1. The highest BCUT2D eigenvalue weighted by molar-refractivity contribution is 6.31. The van der Waals surface area contributed by atoms with Gasteiger partial charge in [0.05, 0.1) is 37.2 Å². The second kappa shape index (κ2) is 6.93. The van der Waals surface area contributed by atoms with Crippen molar-refractivity contribution >= 4 is 11.6 Å². The van der Waals surface area contributed by atoms with Crippen LogP contribution in [0.4, 0.5) is 0 Å². The molecule has 114 valence electrons. The zero-order valence-electron chi connectivity index (χ0n) is 12.3. The molecule has 0 saturated carbocycles. The number of rotatable bonds is 6. The Bertz CT molecular complexity index is 613. The summed E-state index contributed by atoms with van der Waals surface area (Å²) in [5, 5.41) is 15.3. The van der Waals surface area contributed by atoms with Crippen LogP contribution in [0.5, 0.6) is 5.75 Å². The topological polar surface area (TPSA) is 56.5 Å². The Labute approximate surface area is 129 Å². The minimum absolute atomic E-state index is 0.419. The van der Waals surface area contributed by atoms with Gasteiger partial charge in [-0.2, -0.15) is 5.10 Å². The molecule has 5 nitrogen and oxygen atoms in total. The van der Waals surface area contributed by atoms with Crippen LogP contribution in [0, 0.1) is 6.92 Å². The monoisotopic (exact) mass is 310 g/mol. The lowest BCUT2D eigenvalue weighted by molar-refractivity contribution is 0.170. The average Bonchev–Trinajstić information content (AvgIpc) is 2.85. The van der Waals surface area contributed by atoms with E-state index in [9.17, 15) is 5.11 Å². The van der Waals surface area contributed by atoms with E-state index < -0.39 is 6.10 Å². The van der Waals surface area contributed by atoms with Crippen LogP contribution in [-0.2, 0) is 11.3 Å². The predicted octanol–water partition coefficient (Wildman–Crippen LogP) is 2.58. The number of methoxy groups -OCH3 is 2. The van der Waals surface area contributed by atoms with Crippen LogP contribution >= 0.6 is 11.6 Å². The molecule has 0 spiro atoms. The molecule has 1 heterocycles. The lowest BCUT2D eigenvalue weighted by Crippen LogP contribution is -2.14. The first kappa shape index (κ1) is 15.8. The van der Waals surface area contributed by atoms with Crippen LogP contribution in [0.3, 0.4) is 0 Å². The molecule has 0 bridgehead atoms. The molecule has 1 unspecified atom stereocenters. The Hall–Kier alpha value is -1.56. The maximum atomic E-state index is 10.7. The predicted molar refractivity (Wildman–Crippen MR) is 80.9 cm³/mol. The average molecular weight is 311 g/mol. The van der Waals surface area contributed by atoms with Gasteiger partial charge >= 0.3 is 0 Å². The van der Waals surface area contributed by atoms with E-state index >= 15 is 0 Å². The minimum atomic E-state index is -0.910. The van der Waals surface area contributed by atoms with E-state index in [4.69, 9.17) is 21.1 Å². The normalized spacial score (nSPS) is 12.4. The summed E-state index contributed by atoms with van der Waals surface area (Å²) >= 11 is 6.18. The highest BCUT2D eigenvalue weighted by Gasteiger charge is 2.23. The van der Waals surface area contributed by atoms with Crippen LogP contribution in [0.1, 0.15) is 22.9 Å². The third kappa shape index (κ3) is 3.37. The van der Waals surface area contributed by atoms with E-state index in [0.29, 0.717) is 35.2 Å². The maximum absolute atomic E-state index is 10.7. The van der Waals surface area contributed by atoms with Crippen molar-refractivity contribution in [2.45, 2.75) is 19.6 Å². The lowest BCUT2D eigenvalue weighted by Gasteiger charge is -2.17. The molecular weight excluding hydrogens is 292 g/mol. The van der Waals surface area contributed by atoms with E-state index in [0.717, 1.165) is 5.56 Å². The van der Waals surface area contributed by atoms with Gasteiger partial charge in [0.1, 0.15) is 11.9 Å². The van der Waals surface area contributed by atoms with Crippen LogP contribution in [0.15, 0.2) is 24.4 Å². The summed E-state index contributed by atoms with van der Waals surface area (Å²) in [6.45, 7) is 2.96. The van der Waals surface area contributed by atoms with Gasteiger partial charge in [0.25, 0.3) is 0 Å². The van der Waals surface area contributed by atoms with Gasteiger partial charge < -0.3 is 14.6 Å². The second-order valence-corrected chi connectivity index (χ2v) is 5.15. The summed E-state index contributed by atoms with van der Waals surface area (Å²) in [7, 11) is 3.19. The number of halogens is 1. The fourth-order valence-corrected chi connectivity index (χ4v) is 2.46. The Morgan fingerprint density at radius 1 is 1.38 bits per heavy atom. The van der Waals surface area contributed by atoms with Crippen molar-refractivity contribution in [2.24, 2.45) is 0 Å². The van der Waals surface area contributed by atoms with Crippen molar-refractivity contribution in [3.63, 3.8) is 0 Å². The molecule has 0 amide bonds. The summed E-state index contributed by atoms with van der Waals surface area (Å²) < 4.78 is 12.0. The summed E-state index contributed by atoms with van der Waals surface area (Å²) in [5.41, 5.74) is 2.24. The first-order valence-electron chi connectivity index (χ1n) is 6.61. The van der Waals surface area contributed by atoms with Gasteiger partial charge in [-0.1, -0.05) is 23.2 Å². The van der Waals surface area contributed by atoms with Crippen molar-refractivity contribution in [2.75, 3.05) is 20.8 Å². The molecule has 1 aromatic carbocycles. The first-order valence-corrected chi connectivity index (χ1v) is 6.99. The number of aromatic nitrogens is 2. The summed E-state index contributed by atoms with van der Waals surface area (Å²) in [6.07, 6.45) is 0.615.